The minimum Gasteiger partial charge on any atom is -0.369 e. The molecule has 2 N–H and O–H groups in total. The monoisotopic (exact) mass is 262 g/mol. The van der Waals surface area contributed by atoms with E-state index in [2.05, 4.69) is 14.9 Å². The molecule has 0 radical (unpaired) electrons. The van der Waals surface area contributed by atoms with E-state index in [-0.39, 0.29) is 11.8 Å². The fraction of sp³-hybridized carbons (Fsp3) is 0.417. The van der Waals surface area contributed by atoms with Crippen LogP contribution in [0.4, 0.5) is 5.82 Å². The third-order valence-corrected chi connectivity index (χ3v) is 4.18. The Hall–Kier alpha value is -1.69. The van der Waals surface area contributed by atoms with Crippen molar-refractivity contribution in [2.75, 3.05) is 18.0 Å². The quantitative estimate of drug-likeness (QED) is 0.887. The number of hydrogen-bond acceptors (Lipinski definition) is 5. The van der Waals surface area contributed by atoms with E-state index in [1.54, 1.807) is 17.7 Å². The molecule has 0 spiro atoms. The maximum Gasteiger partial charge on any atom is 0.222 e. The molecule has 2 aromatic heterocycles. The van der Waals surface area contributed by atoms with Crippen molar-refractivity contribution in [1.29, 1.82) is 0 Å². The van der Waals surface area contributed by atoms with Gasteiger partial charge in [0.1, 0.15) is 17.0 Å². The number of thiophene rings is 1. The summed E-state index contributed by atoms with van der Waals surface area (Å²) in [5.74, 6) is 0.643. The number of rotatable bonds is 2. The Morgan fingerprint density at radius 1 is 1.50 bits per heavy atom. The normalized spacial score (nSPS) is 20.2. The first-order chi connectivity index (χ1) is 8.75. The molecule has 0 aromatic carbocycles. The van der Waals surface area contributed by atoms with Crippen molar-refractivity contribution in [3.63, 3.8) is 0 Å². The van der Waals surface area contributed by atoms with E-state index in [0.717, 1.165) is 35.4 Å². The van der Waals surface area contributed by atoms with Gasteiger partial charge in [-0.2, -0.15) is 0 Å². The number of fused-ring (bicyclic) bond motifs is 1. The second-order valence-electron chi connectivity index (χ2n) is 4.52. The summed E-state index contributed by atoms with van der Waals surface area (Å²) in [6.45, 7) is 1.59. The average Bonchev–Trinajstić information content (AvgIpc) is 2.87. The van der Waals surface area contributed by atoms with Gasteiger partial charge in [0.05, 0.1) is 11.3 Å². The molecule has 0 aliphatic carbocycles. The number of anilines is 1. The second kappa shape index (κ2) is 4.53. The highest BCUT2D eigenvalue weighted by atomic mass is 32.1. The molecule has 18 heavy (non-hydrogen) atoms. The lowest BCUT2D eigenvalue weighted by Crippen LogP contribution is -2.41. The molecule has 1 amide bonds. The molecule has 6 heteroatoms. The van der Waals surface area contributed by atoms with Gasteiger partial charge < -0.3 is 10.6 Å². The summed E-state index contributed by atoms with van der Waals surface area (Å²) in [6.07, 6.45) is 3.44. The summed E-state index contributed by atoms with van der Waals surface area (Å²) in [6, 6.07) is 2.03. The van der Waals surface area contributed by atoms with Crippen molar-refractivity contribution in [2.45, 2.75) is 12.8 Å². The van der Waals surface area contributed by atoms with Gasteiger partial charge in [-0.15, -0.1) is 11.3 Å². The van der Waals surface area contributed by atoms with Crippen LogP contribution in [-0.4, -0.2) is 29.0 Å². The fourth-order valence-electron chi connectivity index (χ4n) is 2.43. The maximum atomic E-state index is 11.3. The van der Waals surface area contributed by atoms with Gasteiger partial charge >= 0.3 is 0 Å². The Kier molecular flexibility index (Phi) is 2.87. The molecule has 0 saturated carbocycles. The second-order valence-corrected chi connectivity index (χ2v) is 5.42. The van der Waals surface area contributed by atoms with Gasteiger partial charge in [-0.1, -0.05) is 0 Å². The zero-order valence-electron chi connectivity index (χ0n) is 9.87. The lowest BCUT2D eigenvalue weighted by Gasteiger charge is -2.32. The van der Waals surface area contributed by atoms with E-state index in [0.29, 0.717) is 6.54 Å². The van der Waals surface area contributed by atoms with Crippen LogP contribution in [0.15, 0.2) is 17.8 Å². The van der Waals surface area contributed by atoms with Crippen molar-refractivity contribution in [1.82, 2.24) is 9.97 Å². The number of carbonyl (C=O) groups is 1. The van der Waals surface area contributed by atoms with Crippen molar-refractivity contribution < 1.29 is 4.79 Å². The SMILES string of the molecule is NC(=O)[C@H]1CCCN(c2ncnc3sccc23)C1. The minimum absolute atomic E-state index is 0.0672. The number of nitrogens with two attached hydrogens (primary N) is 1. The first kappa shape index (κ1) is 11.4. The summed E-state index contributed by atoms with van der Waals surface area (Å²) in [5, 5.41) is 3.07. The van der Waals surface area contributed by atoms with Gasteiger partial charge in [0.15, 0.2) is 0 Å². The smallest absolute Gasteiger partial charge is 0.222 e. The van der Waals surface area contributed by atoms with Crippen LogP contribution in [0.3, 0.4) is 0 Å². The highest BCUT2D eigenvalue weighted by Gasteiger charge is 2.25. The summed E-state index contributed by atoms with van der Waals surface area (Å²) in [7, 11) is 0. The van der Waals surface area contributed by atoms with Gasteiger partial charge in [-0.3, -0.25) is 4.79 Å². The number of primary amides is 1. The van der Waals surface area contributed by atoms with Crippen LogP contribution < -0.4 is 10.6 Å². The standard InChI is InChI=1S/C12H14N4OS/c13-10(17)8-2-1-4-16(6-8)11-9-3-5-18-12(9)15-7-14-11/h3,5,7-8H,1-2,4,6H2,(H2,13,17)/t8-/m0/s1. The van der Waals surface area contributed by atoms with Gasteiger partial charge in [0, 0.05) is 13.1 Å². The van der Waals surface area contributed by atoms with Crippen molar-refractivity contribution >= 4 is 33.3 Å². The Balaban J connectivity index is 1.94. The molecular weight excluding hydrogens is 248 g/mol. The minimum atomic E-state index is -0.213. The van der Waals surface area contributed by atoms with E-state index >= 15 is 0 Å². The molecule has 1 saturated heterocycles. The molecule has 0 bridgehead atoms. The van der Waals surface area contributed by atoms with Crippen LogP contribution in [0.5, 0.6) is 0 Å². The lowest BCUT2D eigenvalue weighted by molar-refractivity contribution is -0.122. The largest absolute Gasteiger partial charge is 0.369 e. The summed E-state index contributed by atoms with van der Waals surface area (Å²) in [4.78, 5) is 23.1. The van der Waals surface area contributed by atoms with Crippen LogP contribution >= 0.6 is 11.3 Å². The van der Waals surface area contributed by atoms with E-state index in [9.17, 15) is 4.79 Å². The Morgan fingerprint density at radius 2 is 2.39 bits per heavy atom. The zero-order chi connectivity index (χ0) is 12.5. The first-order valence-electron chi connectivity index (χ1n) is 5.98. The number of aromatic nitrogens is 2. The molecule has 94 valence electrons. The van der Waals surface area contributed by atoms with Crippen LogP contribution in [0.1, 0.15) is 12.8 Å². The molecule has 3 heterocycles. The lowest BCUT2D eigenvalue weighted by atomic mass is 9.97. The molecule has 0 unspecified atom stereocenters. The summed E-state index contributed by atoms with van der Waals surface area (Å²) >= 11 is 1.60. The third-order valence-electron chi connectivity index (χ3n) is 3.36. The molecule has 1 fully saturated rings. The van der Waals surface area contributed by atoms with Gasteiger partial charge in [0.25, 0.3) is 0 Å². The number of nitrogens with zero attached hydrogens (tertiary/aromatic N) is 3. The van der Waals surface area contributed by atoms with E-state index in [1.807, 2.05) is 11.4 Å². The fourth-order valence-corrected chi connectivity index (χ4v) is 3.16. The molecule has 3 rings (SSSR count). The summed E-state index contributed by atoms with van der Waals surface area (Å²) in [5.41, 5.74) is 5.40. The predicted octanol–water partition coefficient (Wildman–Crippen LogP) is 1.39. The van der Waals surface area contributed by atoms with Gasteiger partial charge in [0.2, 0.25) is 5.91 Å². The topological polar surface area (TPSA) is 72.1 Å². The van der Waals surface area contributed by atoms with E-state index < -0.39 is 0 Å². The molecule has 1 aliphatic heterocycles. The predicted molar refractivity (Wildman–Crippen MR) is 71.5 cm³/mol. The van der Waals surface area contributed by atoms with Gasteiger partial charge in [-0.05, 0) is 24.3 Å². The number of hydrogen-bond donors (Lipinski definition) is 1. The van der Waals surface area contributed by atoms with Crippen molar-refractivity contribution in [2.24, 2.45) is 11.7 Å². The Morgan fingerprint density at radius 3 is 3.22 bits per heavy atom. The van der Waals surface area contributed by atoms with Crippen molar-refractivity contribution in [3.05, 3.63) is 17.8 Å². The number of amides is 1. The Labute approximate surface area is 109 Å². The highest BCUT2D eigenvalue weighted by Crippen LogP contribution is 2.29. The molecule has 1 atom stereocenters. The zero-order valence-corrected chi connectivity index (χ0v) is 10.7. The molecular formula is C12H14N4OS. The number of piperidine rings is 1. The average molecular weight is 262 g/mol. The molecule has 2 aromatic rings. The number of carbonyl (C=O) groups excluding carboxylic acids is 1. The third kappa shape index (κ3) is 1.92. The highest BCUT2D eigenvalue weighted by molar-refractivity contribution is 7.16. The van der Waals surface area contributed by atoms with Crippen LogP contribution in [0.2, 0.25) is 0 Å². The van der Waals surface area contributed by atoms with E-state index in [1.165, 1.54) is 0 Å². The van der Waals surface area contributed by atoms with E-state index in [4.69, 9.17) is 5.73 Å². The van der Waals surface area contributed by atoms with Crippen molar-refractivity contribution in [3.8, 4) is 0 Å². The van der Waals surface area contributed by atoms with Crippen LogP contribution in [-0.2, 0) is 4.79 Å². The molecule has 5 nitrogen and oxygen atoms in total. The van der Waals surface area contributed by atoms with Gasteiger partial charge in [-0.25, -0.2) is 9.97 Å². The van der Waals surface area contributed by atoms with Crippen LogP contribution in [0.25, 0.3) is 10.2 Å². The first-order valence-corrected chi connectivity index (χ1v) is 6.86. The summed E-state index contributed by atoms with van der Waals surface area (Å²) < 4.78 is 0. The molecule has 1 aliphatic rings. The van der Waals surface area contributed by atoms with Crippen LogP contribution in [0, 0.1) is 5.92 Å². The maximum absolute atomic E-state index is 11.3. The Bertz CT molecular complexity index is 582.